The maximum Gasteiger partial charge on any atom is 0.185 e. The normalized spacial score (nSPS) is 27.0. The predicted molar refractivity (Wildman–Crippen MR) is 63.2 cm³/mol. The fraction of sp³-hybridized carbons (Fsp3) is 0.727. The Bertz CT molecular complexity index is 326. The third-order valence-electron chi connectivity index (χ3n) is 3.32. The summed E-state index contributed by atoms with van der Waals surface area (Å²) in [5.41, 5.74) is 0. The molecule has 2 atom stereocenters. The van der Waals surface area contributed by atoms with E-state index in [0.717, 1.165) is 22.5 Å². The van der Waals surface area contributed by atoms with Crippen molar-refractivity contribution in [2.24, 2.45) is 5.92 Å². The number of hydrogen-bond acceptors (Lipinski definition) is 4. The summed E-state index contributed by atoms with van der Waals surface area (Å²) in [7, 11) is 0. The molecule has 1 saturated heterocycles. The Balaban J connectivity index is 2.14. The van der Waals surface area contributed by atoms with Crippen molar-refractivity contribution in [3.05, 3.63) is 11.1 Å². The van der Waals surface area contributed by atoms with Crippen molar-refractivity contribution in [1.82, 2.24) is 4.98 Å². The summed E-state index contributed by atoms with van der Waals surface area (Å²) in [5, 5.41) is 10.1. The van der Waals surface area contributed by atoms with Crippen LogP contribution in [-0.4, -0.2) is 22.7 Å². The van der Waals surface area contributed by atoms with Gasteiger partial charge in [0.2, 0.25) is 0 Å². The topological polar surface area (TPSA) is 36.4 Å². The molecule has 0 radical (unpaired) electrons. The highest BCUT2D eigenvalue weighted by molar-refractivity contribution is 7.15. The van der Waals surface area contributed by atoms with Crippen LogP contribution in [0.4, 0.5) is 5.13 Å². The van der Waals surface area contributed by atoms with Crippen LogP contribution >= 0.6 is 11.3 Å². The Kier molecular flexibility index (Phi) is 3.26. The molecule has 2 heterocycles. The molecule has 84 valence electrons. The monoisotopic (exact) mass is 226 g/mol. The van der Waals surface area contributed by atoms with Gasteiger partial charge in [-0.3, -0.25) is 0 Å². The lowest BCUT2D eigenvalue weighted by Crippen LogP contribution is -2.42. The van der Waals surface area contributed by atoms with Crippen LogP contribution in [0.5, 0.6) is 0 Å². The summed E-state index contributed by atoms with van der Waals surface area (Å²) in [4.78, 5) is 7.71. The van der Waals surface area contributed by atoms with Gasteiger partial charge in [0, 0.05) is 18.8 Å². The fourth-order valence-electron chi connectivity index (χ4n) is 2.11. The zero-order valence-corrected chi connectivity index (χ0v) is 10.1. The highest BCUT2D eigenvalue weighted by Crippen LogP contribution is 2.31. The molecule has 1 fully saturated rings. The lowest BCUT2D eigenvalue weighted by atomic mass is 9.93. The number of thiazole rings is 1. The number of aromatic nitrogens is 1. The van der Waals surface area contributed by atoms with Crippen molar-refractivity contribution in [2.45, 2.75) is 39.3 Å². The van der Waals surface area contributed by atoms with Crippen LogP contribution in [0.15, 0.2) is 6.20 Å². The Morgan fingerprint density at radius 3 is 3.07 bits per heavy atom. The fourth-order valence-corrected chi connectivity index (χ4v) is 2.99. The number of rotatable bonds is 2. The molecule has 1 aliphatic rings. The summed E-state index contributed by atoms with van der Waals surface area (Å²) >= 11 is 1.61. The summed E-state index contributed by atoms with van der Waals surface area (Å²) in [6.07, 6.45) is 4.35. The minimum atomic E-state index is 0.107. The van der Waals surface area contributed by atoms with Crippen molar-refractivity contribution in [3.63, 3.8) is 0 Å². The molecule has 0 amide bonds. The average molecular weight is 226 g/mol. The van der Waals surface area contributed by atoms with Crippen LogP contribution in [0.3, 0.4) is 0 Å². The van der Waals surface area contributed by atoms with Gasteiger partial charge in [0.25, 0.3) is 0 Å². The molecule has 1 aromatic rings. The van der Waals surface area contributed by atoms with E-state index < -0.39 is 0 Å². The SMILES string of the molecule is CC1CCCN(c2ncc(CO)s2)C1C. The number of anilines is 1. The first-order valence-electron chi connectivity index (χ1n) is 5.54. The van der Waals surface area contributed by atoms with Crippen molar-refractivity contribution in [3.8, 4) is 0 Å². The van der Waals surface area contributed by atoms with Crippen LogP contribution < -0.4 is 4.90 Å². The molecule has 2 rings (SSSR count). The van der Waals surface area contributed by atoms with Gasteiger partial charge in [-0.2, -0.15) is 0 Å². The van der Waals surface area contributed by atoms with Crippen molar-refractivity contribution in [2.75, 3.05) is 11.4 Å². The summed E-state index contributed by atoms with van der Waals surface area (Å²) in [5.74, 6) is 0.736. The van der Waals surface area contributed by atoms with Gasteiger partial charge < -0.3 is 10.0 Å². The average Bonchev–Trinajstić information content (AvgIpc) is 2.70. The van der Waals surface area contributed by atoms with Gasteiger partial charge in [-0.25, -0.2) is 4.98 Å². The third-order valence-corrected chi connectivity index (χ3v) is 4.34. The number of nitrogens with zero attached hydrogens (tertiary/aromatic N) is 2. The highest BCUT2D eigenvalue weighted by atomic mass is 32.1. The number of piperidine rings is 1. The van der Waals surface area contributed by atoms with Crippen LogP contribution in [0, 0.1) is 5.92 Å². The smallest absolute Gasteiger partial charge is 0.185 e. The Hall–Kier alpha value is -0.610. The maximum atomic E-state index is 9.02. The molecule has 0 bridgehead atoms. The van der Waals surface area contributed by atoms with Gasteiger partial charge in [-0.1, -0.05) is 18.3 Å². The molecule has 2 unspecified atom stereocenters. The molecule has 0 spiro atoms. The van der Waals surface area contributed by atoms with Gasteiger partial charge in [-0.15, -0.1) is 0 Å². The molecule has 0 aliphatic carbocycles. The summed E-state index contributed by atoms with van der Waals surface area (Å²) in [6, 6.07) is 0.566. The van der Waals surface area contributed by atoms with Crippen LogP contribution in [0.1, 0.15) is 31.6 Å². The molecule has 15 heavy (non-hydrogen) atoms. The van der Waals surface area contributed by atoms with Crippen molar-refractivity contribution >= 4 is 16.5 Å². The van der Waals surface area contributed by atoms with E-state index in [1.165, 1.54) is 12.8 Å². The van der Waals surface area contributed by atoms with E-state index in [1.807, 2.05) is 0 Å². The molecule has 1 aliphatic heterocycles. The zero-order chi connectivity index (χ0) is 10.8. The first kappa shape index (κ1) is 10.9. The summed E-state index contributed by atoms with van der Waals surface area (Å²) < 4.78 is 0. The first-order valence-corrected chi connectivity index (χ1v) is 6.36. The Morgan fingerprint density at radius 2 is 2.40 bits per heavy atom. The molecule has 0 saturated carbocycles. The zero-order valence-electron chi connectivity index (χ0n) is 9.31. The quantitative estimate of drug-likeness (QED) is 0.840. The summed E-state index contributed by atoms with van der Waals surface area (Å²) in [6.45, 7) is 5.78. The number of aliphatic hydroxyl groups is 1. The van der Waals surface area contributed by atoms with Gasteiger partial charge in [0.15, 0.2) is 5.13 Å². The van der Waals surface area contributed by atoms with E-state index in [1.54, 1.807) is 17.5 Å². The van der Waals surface area contributed by atoms with Gasteiger partial charge >= 0.3 is 0 Å². The van der Waals surface area contributed by atoms with E-state index >= 15 is 0 Å². The van der Waals surface area contributed by atoms with E-state index in [4.69, 9.17) is 5.11 Å². The van der Waals surface area contributed by atoms with E-state index in [2.05, 4.69) is 23.7 Å². The molecule has 1 aromatic heterocycles. The third kappa shape index (κ3) is 2.16. The maximum absolute atomic E-state index is 9.02. The van der Waals surface area contributed by atoms with Crippen LogP contribution in [0.2, 0.25) is 0 Å². The molecule has 1 N–H and O–H groups in total. The highest BCUT2D eigenvalue weighted by Gasteiger charge is 2.26. The van der Waals surface area contributed by atoms with Gasteiger partial charge in [0.05, 0.1) is 11.5 Å². The van der Waals surface area contributed by atoms with Gasteiger partial charge in [0.1, 0.15) is 0 Å². The van der Waals surface area contributed by atoms with E-state index in [9.17, 15) is 0 Å². The molecular weight excluding hydrogens is 208 g/mol. The molecule has 4 heteroatoms. The Morgan fingerprint density at radius 1 is 1.60 bits per heavy atom. The lowest BCUT2D eigenvalue weighted by molar-refractivity contribution is 0.285. The number of aliphatic hydroxyl groups excluding tert-OH is 1. The van der Waals surface area contributed by atoms with Crippen molar-refractivity contribution < 1.29 is 5.11 Å². The molecule has 3 nitrogen and oxygen atoms in total. The van der Waals surface area contributed by atoms with E-state index in [0.29, 0.717) is 6.04 Å². The number of hydrogen-bond donors (Lipinski definition) is 1. The standard InChI is InChI=1S/C11H18N2OS/c1-8-4-3-5-13(9(8)2)11-12-6-10(7-14)15-11/h6,8-9,14H,3-5,7H2,1-2H3. The van der Waals surface area contributed by atoms with Crippen LogP contribution in [0.25, 0.3) is 0 Å². The molecule has 0 aromatic carbocycles. The second-order valence-electron chi connectivity index (χ2n) is 4.32. The minimum Gasteiger partial charge on any atom is -0.391 e. The lowest BCUT2D eigenvalue weighted by Gasteiger charge is -2.37. The first-order chi connectivity index (χ1) is 7.22. The predicted octanol–water partition coefficient (Wildman–Crippen LogP) is 2.26. The molecular formula is C11H18N2OS. The largest absolute Gasteiger partial charge is 0.391 e. The van der Waals surface area contributed by atoms with Gasteiger partial charge in [-0.05, 0) is 25.7 Å². The Labute approximate surface area is 94.8 Å². The van der Waals surface area contributed by atoms with E-state index in [-0.39, 0.29) is 6.61 Å². The second-order valence-corrected chi connectivity index (χ2v) is 5.41. The second kappa shape index (κ2) is 4.49. The minimum absolute atomic E-state index is 0.107. The van der Waals surface area contributed by atoms with Crippen molar-refractivity contribution in [1.29, 1.82) is 0 Å². The van der Waals surface area contributed by atoms with Crippen LogP contribution in [-0.2, 0) is 6.61 Å².